The van der Waals surface area contributed by atoms with E-state index in [0.717, 1.165) is 0 Å². The Hall–Kier alpha value is -0.740. The molecule has 1 unspecified atom stereocenters. The lowest BCUT2D eigenvalue weighted by Crippen LogP contribution is -2.34. The third-order valence-corrected chi connectivity index (χ3v) is 2.84. The Morgan fingerprint density at radius 2 is 2.20 bits per heavy atom. The van der Waals surface area contributed by atoms with Gasteiger partial charge in [-0.1, -0.05) is 22.9 Å². The molecule has 0 aliphatic carbocycles. The van der Waals surface area contributed by atoms with Crippen LogP contribution in [0.15, 0.2) is 22.7 Å². The van der Waals surface area contributed by atoms with E-state index in [-0.39, 0.29) is 12.0 Å². The molecule has 1 aromatic rings. The van der Waals surface area contributed by atoms with E-state index in [0.29, 0.717) is 4.47 Å². The molecule has 2 nitrogen and oxygen atoms in total. The molecule has 0 saturated carbocycles. The van der Waals surface area contributed by atoms with Crippen molar-refractivity contribution in [3.05, 3.63) is 34.1 Å². The molecule has 0 aliphatic rings. The summed E-state index contributed by atoms with van der Waals surface area (Å²) in [4.78, 5) is 11.8. The average molecular weight is 275 g/mol. The molecule has 0 aromatic heterocycles. The van der Waals surface area contributed by atoms with Crippen LogP contribution in [0.2, 0.25) is 0 Å². The molecule has 0 amide bonds. The third kappa shape index (κ3) is 2.63. The number of Topliss-reactive ketones (excluding diaryl/α,β-unsaturated/α-hetero) is 1. The fourth-order valence-electron chi connectivity index (χ4n) is 1.12. The molecule has 1 N–H and O–H groups in total. The highest BCUT2D eigenvalue weighted by atomic mass is 79.9. The maximum atomic E-state index is 13.3. The van der Waals surface area contributed by atoms with Crippen LogP contribution < -0.4 is 0 Å². The predicted octanol–water partition coefficient (Wildman–Crippen LogP) is 2.93. The first-order valence-corrected chi connectivity index (χ1v) is 5.40. The van der Waals surface area contributed by atoms with Gasteiger partial charge in [0.1, 0.15) is 11.4 Å². The van der Waals surface area contributed by atoms with E-state index >= 15 is 0 Å². The Balaban J connectivity index is 3.17. The number of rotatable bonds is 3. The van der Waals surface area contributed by atoms with Crippen molar-refractivity contribution in [2.45, 2.75) is 25.9 Å². The van der Waals surface area contributed by atoms with Gasteiger partial charge in [-0.15, -0.1) is 0 Å². The van der Waals surface area contributed by atoms with Gasteiger partial charge in [0.25, 0.3) is 0 Å². The maximum Gasteiger partial charge on any atom is 0.197 e. The van der Waals surface area contributed by atoms with Crippen LogP contribution in [0.4, 0.5) is 4.39 Å². The number of ketones is 1. The number of carbonyl (C=O) groups is 1. The number of hydrogen-bond donors (Lipinski definition) is 1. The van der Waals surface area contributed by atoms with Gasteiger partial charge in [0.15, 0.2) is 5.78 Å². The van der Waals surface area contributed by atoms with E-state index in [1.807, 2.05) is 0 Å². The highest BCUT2D eigenvalue weighted by Gasteiger charge is 2.30. The van der Waals surface area contributed by atoms with Crippen LogP contribution in [0.5, 0.6) is 0 Å². The molecule has 4 heteroatoms. The molecule has 0 spiro atoms. The van der Waals surface area contributed by atoms with E-state index < -0.39 is 17.2 Å². The molecule has 82 valence electrons. The smallest absolute Gasteiger partial charge is 0.197 e. The van der Waals surface area contributed by atoms with Gasteiger partial charge in [-0.2, -0.15) is 0 Å². The Bertz CT molecular complexity index is 388. The fraction of sp³-hybridized carbons (Fsp3) is 0.364. The Labute approximate surface area is 96.2 Å². The van der Waals surface area contributed by atoms with E-state index in [9.17, 15) is 14.3 Å². The molecule has 0 heterocycles. The normalized spacial score (nSPS) is 14.7. The lowest BCUT2D eigenvalue weighted by Gasteiger charge is -2.19. The van der Waals surface area contributed by atoms with E-state index in [2.05, 4.69) is 15.9 Å². The monoisotopic (exact) mass is 274 g/mol. The molecular weight excluding hydrogens is 263 g/mol. The zero-order chi connectivity index (χ0) is 11.6. The molecule has 0 radical (unpaired) electrons. The molecule has 1 atom stereocenters. The van der Waals surface area contributed by atoms with Gasteiger partial charge >= 0.3 is 0 Å². The van der Waals surface area contributed by atoms with Crippen LogP contribution in [-0.4, -0.2) is 16.5 Å². The van der Waals surface area contributed by atoms with Gasteiger partial charge in [-0.25, -0.2) is 4.39 Å². The molecule has 0 fully saturated rings. The molecule has 0 aliphatic heterocycles. The van der Waals surface area contributed by atoms with E-state index in [4.69, 9.17) is 0 Å². The van der Waals surface area contributed by atoms with Crippen LogP contribution in [-0.2, 0) is 0 Å². The molecular formula is C11H12BrFO2. The predicted molar refractivity (Wildman–Crippen MR) is 59.3 cm³/mol. The number of hydrogen-bond acceptors (Lipinski definition) is 2. The highest BCUT2D eigenvalue weighted by Crippen LogP contribution is 2.22. The molecule has 0 bridgehead atoms. The van der Waals surface area contributed by atoms with Crippen LogP contribution in [0.1, 0.15) is 30.6 Å². The second-order valence-electron chi connectivity index (χ2n) is 3.58. The molecule has 0 saturated heterocycles. The van der Waals surface area contributed by atoms with Crippen molar-refractivity contribution in [2.24, 2.45) is 0 Å². The molecule has 1 aromatic carbocycles. The van der Waals surface area contributed by atoms with Gasteiger partial charge < -0.3 is 5.11 Å². The minimum Gasteiger partial charge on any atom is -0.382 e. The zero-order valence-electron chi connectivity index (χ0n) is 8.55. The first-order chi connectivity index (χ1) is 6.88. The van der Waals surface area contributed by atoms with Crippen molar-refractivity contribution in [1.29, 1.82) is 0 Å². The minimum absolute atomic E-state index is 0.0868. The first kappa shape index (κ1) is 12.3. The van der Waals surface area contributed by atoms with Gasteiger partial charge in [0.05, 0.1) is 5.56 Å². The van der Waals surface area contributed by atoms with Crippen molar-refractivity contribution < 1.29 is 14.3 Å². The lowest BCUT2D eigenvalue weighted by molar-refractivity contribution is 0.0386. The molecule has 15 heavy (non-hydrogen) atoms. The summed E-state index contributed by atoms with van der Waals surface area (Å²) in [5.74, 6) is -1.21. The summed E-state index contributed by atoms with van der Waals surface area (Å²) in [6.45, 7) is 3.06. The summed E-state index contributed by atoms with van der Waals surface area (Å²) in [5, 5.41) is 9.73. The van der Waals surface area contributed by atoms with E-state index in [1.54, 1.807) is 6.92 Å². The van der Waals surface area contributed by atoms with Gasteiger partial charge in [-0.05, 0) is 31.5 Å². The van der Waals surface area contributed by atoms with Crippen molar-refractivity contribution in [1.82, 2.24) is 0 Å². The van der Waals surface area contributed by atoms with Crippen LogP contribution >= 0.6 is 15.9 Å². The maximum absolute atomic E-state index is 13.3. The third-order valence-electron chi connectivity index (χ3n) is 2.35. The number of benzene rings is 1. The average Bonchev–Trinajstić information content (AvgIpc) is 2.20. The number of carbonyl (C=O) groups excluding carboxylic acids is 1. The summed E-state index contributed by atoms with van der Waals surface area (Å²) in [7, 11) is 0. The lowest BCUT2D eigenvalue weighted by atomic mass is 9.92. The van der Waals surface area contributed by atoms with Crippen molar-refractivity contribution in [3.63, 3.8) is 0 Å². The quantitative estimate of drug-likeness (QED) is 0.861. The number of aliphatic hydroxyl groups is 1. The van der Waals surface area contributed by atoms with Crippen molar-refractivity contribution in [3.8, 4) is 0 Å². The summed E-state index contributed by atoms with van der Waals surface area (Å²) < 4.78 is 13.9. The zero-order valence-corrected chi connectivity index (χ0v) is 10.1. The second-order valence-corrected chi connectivity index (χ2v) is 4.50. The van der Waals surface area contributed by atoms with Gasteiger partial charge in [-0.3, -0.25) is 4.79 Å². The largest absolute Gasteiger partial charge is 0.382 e. The standard InChI is InChI=1S/C11H12BrFO2/c1-3-11(2,15)10(14)8-6-7(12)4-5-9(8)13/h4-6,15H,3H2,1-2H3. The van der Waals surface area contributed by atoms with Gasteiger partial charge in [0, 0.05) is 4.47 Å². The number of halogens is 2. The summed E-state index contributed by atoms with van der Waals surface area (Å²) >= 11 is 3.15. The SMILES string of the molecule is CCC(C)(O)C(=O)c1cc(Br)ccc1F. The highest BCUT2D eigenvalue weighted by molar-refractivity contribution is 9.10. The Morgan fingerprint density at radius 1 is 1.60 bits per heavy atom. The summed E-state index contributed by atoms with van der Waals surface area (Å²) in [6.07, 6.45) is 0.248. The Kier molecular flexibility index (Phi) is 3.62. The van der Waals surface area contributed by atoms with Crippen molar-refractivity contribution in [2.75, 3.05) is 0 Å². The fourth-order valence-corrected chi connectivity index (χ4v) is 1.48. The summed E-state index contributed by atoms with van der Waals surface area (Å²) in [5.41, 5.74) is -1.60. The van der Waals surface area contributed by atoms with Crippen LogP contribution in [0.3, 0.4) is 0 Å². The first-order valence-electron chi connectivity index (χ1n) is 4.60. The second kappa shape index (κ2) is 4.41. The van der Waals surface area contributed by atoms with Crippen molar-refractivity contribution >= 4 is 21.7 Å². The Morgan fingerprint density at radius 3 is 2.73 bits per heavy atom. The van der Waals surface area contributed by atoms with Crippen LogP contribution in [0.25, 0.3) is 0 Å². The minimum atomic E-state index is -1.51. The van der Waals surface area contributed by atoms with Gasteiger partial charge in [0.2, 0.25) is 0 Å². The van der Waals surface area contributed by atoms with E-state index in [1.165, 1.54) is 25.1 Å². The topological polar surface area (TPSA) is 37.3 Å². The summed E-state index contributed by atoms with van der Waals surface area (Å²) in [6, 6.07) is 4.08. The van der Waals surface area contributed by atoms with Crippen LogP contribution in [0, 0.1) is 5.82 Å². The molecule has 1 rings (SSSR count).